The van der Waals surface area contributed by atoms with Gasteiger partial charge >= 0.3 is 5.97 Å². The molecule has 0 rings (SSSR count). The third-order valence-electron chi connectivity index (χ3n) is 13.6. The molecule has 6 heteroatoms. The number of hydrogen-bond acceptors (Lipinski definition) is 5. The van der Waals surface area contributed by atoms with Gasteiger partial charge in [0.25, 0.3) is 0 Å². The Morgan fingerprint density at radius 3 is 1.06 bits per heavy atom. The predicted molar refractivity (Wildman–Crippen MR) is 278 cm³/mol. The molecule has 0 aliphatic rings. The Balaban J connectivity index is 3.32. The molecule has 2 unspecified atom stereocenters. The van der Waals surface area contributed by atoms with Crippen LogP contribution in [0.4, 0.5) is 0 Å². The van der Waals surface area contributed by atoms with Gasteiger partial charge < -0.3 is 20.3 Å². The van der Waals surface area contributed by atoms with Gasteiger partial charge in [0.15, 0.2) is 0 Å². The highest BCUT2D eigenvalue weighted by Gasteiger charge is 2.18. The van der Waals surface area contributed by atoms with Crippen molar-refractivity contribution in [1.82, 2.24) is 5.32 Å². The van der Waals surface area contributed by atoms with E-state index < -0.39 is 12.1 Å². The maximum atomic E-state index is 12.4. The summed E-state index contributed by atoms with van der Waals surface area (Å²) < 4.78 is 5.47. The van der Waals surface area contributed by atoms with Gasteiger partial charge in [-0.3, -0.25) is 9.59 Å². The molecule has 0 spiro atoms. The van der Waals surface area contributed by atoms with Crippen LogP contribution in [0, 0.1) is 0 Å². The highest BCUT2D eigenvalue weighted by Crippen LogP contribution is 2.18. The fraction of sp³-hybridized carbons (Fsp3) is 0.931. The second kappa shape index (κ2) is 54.2. The average Bonchev–Trinajstić information content (AvgIpc) is 3.29. The van der Waals surface area contributed by atoms with Crippen LogP contribution in [-0.2, 0) is 14.3 Å². The molecule has 0 bridgehead atoms. The van der Waals surface area contributed by atoms with Crippen LogP contribution in [-0.4, -0.2) is 47.4 Å². The van der Waals surface area contributed by atoms with E-state index in [1.54, 1.807) is 6.08 Å². The number of carbonyl (C=O) groups excluding carboxylic acids is 2. The Bertz CT molecular complexity index is 955. The van der Waals surface area contributed by atoms with E-state index in [1.165, 1.54) is 257 Å². The maximum Gasteiger partial charge on any atom is 0.305 e. The minimum atomic E-state index is -0.839. The summed E-state index contributed by atoms with van der Waals surface area (Å²) in [4.78, 5) is 24.4. The van der Waals surface area contributed by atoms with Gasteiger partial charge in [-0.2, -0.15) is 0 Å². The molecule has 6 nitrogen and oxygen atoms in total. The molecule has 0 heterocycles. The Hall–Kier alpha value is -1.40. The summed E-state index contributed by atoms with van der Waals surface area (Å²) in [5.41, 5.74) is 0. The van der Waals surface area contributed by atoms with Crippen molar-refractivity contribution >= 4 is 11.9 Å². The lowest BCUT2D eigenvalue weighted by atomic mass is 10.0. The van der Waals surface area contributed by atoms with E-state index in [0.717, 1.165) is 38.5 Å². The van der Waals surface area contributed by atoms with Crippen LogP contribution in [0.15, 0.2) is 12.2 Å². The van der Waals surface area contributed by atoms with Gasteiger partial charge in [0.1, 0.15) is 0 Å². The minimum absolute atomic E-state index is 0.0176. The van der Waals surface area contributed by atoms with Crippen molar-refractivity contribution < 1.29 is 24.5 Å². The van der Waals surface area contributed by atoms with E-state index in [2.05, 4.69) is 19.2 Å². The Morgan fingerprint density at radius 2 is 0.719 bits per heavy atom. The molecule has 0 radical (unpaired) electrons. The number of esters is 1. The maximum absolute atomic E-state index is 12.4. The van der Waals surface area contributed by atoms with E-state index in [4.69, 9.17) is 4.74 Å². The number of allylic oxidation sites excluding steroid dienone is 1. The molecular formula is C58H113NO5. The lowest BCUT2D eigenvalue weighted by molar-refractivity contribution is -0.143. The molecule has 0 aromatic rings. The van der Waals surface area contributed by atoms with Gasteiger partial charge in [0, 0.05) is 12.8 Å². The lowest BCUT2D eigenvalue weighted by Gasteiger charge is -2.20. The number of ether oxygens (including phenoxy) is 1. The molecule has 0 aliphatic carbocycles. The fourth-order valence-corrected chi connectivity index (χ4v) is 9.11. The zero-order valence-electron chi connectivity index (χ0n) is 43.3. The summed E-state index contributed by atoms with van der Waals surface area (Å²) >= 11 is 0. The standard InChI is InChI=1S/C58H113NO5/c1-3-5-7-9-11-13-14-32-36-40-44-48-52-58(63)64-53-49-45-41-37-33-30-28-26-24-22-20-18-16-15-17-19-21-23-25-27-29-31-35-39-43-47-51-57(62)59-55(54-60)56(61)50-46-42-38-34-12-10-8-6-4-2/h46,50,55-56,60-61H,3-45,47-49,51-54H2,1-2H3,(H,59,62)/b50-46+. The number of aliphatic hydroxyl groups is 2. The van der Waals surface area contributed by atoms with E-state index >= 15 is 0 Å². The topological polar surface area (TPSA) is 95.9 Å². The largest absolute Gasteiger partial charge is 0.466 e. The number of amides is 1. The molecule has 0 fully saturated rings. The summed E-state index contributed by atoms with van der Waals surface area (Å²) in [6.45, 7) is 4.89. The van der Waals surface area contributed by atoms with E-state index in [0.29, 0.717) is 19.4 Å². The van der Waals surface area contributed by atoms with Gasteiger partial charge in [0.05, 0.1) is 25.4 Å². The van der Waals surface area contributed by atoms with E-state index in [-0.39, 0.29) is 18.5 Å². The molecule has 2 atom stereocenters. The number of carbonyl (C=O) groups is 2. The summed E-state index contributed by atoms with van der Waals surface area (Å²) in [7, 11) is 0. The van der Waals surface area contributed by atoms with Gasteiger partial charge in [-0.15, -0.1) is 0 Å². The van der Waals surface area contributed by atoms with Crippen molar-refractivity contribution in [1.29, 1.82) is 0 Å². The molecule has 380 valence electrons. The fourth-order valence-electron chi connectivity index (χ4n) is 9.11. The molecule has 0 saturated carbocycles. The van der Waals surface area contributed by atoms with Crippen LogP contribution >= 0.6 is 0 Å². The normalized spacial score (nSPS) is 12.6. The van der Waals surface area contributed by atoms with E-state index in [1.807, 2.05) is 6.08 Å². The van der Waals surface area contributed by atoms with Crippen LogP contribution in [0.3, 0.4) is 0 Å². The van der Waals surface area contributed by atoms with Gasteiger partial charge in [0.2, 0.25) is 5.91 Å². The molecule has 0 aromatic heterocycles. The van der Waals surface area contributed by atoms with Crippen molar-refractivity contribution in [2.24, 2.45) is 0 Å². The zero-order chi connectivity index (χ0) is 46.5. The van der Waals surface area contributed by atoms with Gasteiger partial charge in [-0.1, -0.05) is 289 Å². The van der Waals surface area contributed by atoms with Crippen molar-refractivity contribution in [2.45, 2.75) is 334 Å². The van der Waals surface area contributed by atoms with Crippen molar-refractivity contribution in [2.75, 3.05) is 13.2 Å². The van der Waals surface area contributed by atoms with Gasteiger partial charge in [-0.25, -0.2) is 0 Å². The van der Waals surface area contributed by atoms with Crippen LogP contribution in [0.2, 0.25) is 0 Å². The second-order valence-corrected chi connectivity index (χ2v) is 20.0. The highest BCUT2D eigenvalue weighted by atomic mass is 16.5. The van der Waals surface area contributed by atoms with Crippen LogP contribution in [0.5, 0.6) is 0 Å². The highest BCUT2D eigenvalue weighted by molar-refractivity contribution is 5.76. The summed E-state index contributed by atoms with van der Waals surface area (Å²) in [5, 5.41) is 22.9. The Morgan fingerprint density at radius 1 is 0.422 bits per heavy atom. The quantitative estimate of drug-likeness (QED) is 0.0321. The smallest absolute Gasteiger partial charge is 0.305 e. The first-order valence-corrected chi connectivity index (χ1v) is 29.0. The molecule has 64 heavy (non-hydrogen) atoms. The molecular weight excluding hydrogens is 791 g/mol. The third kappa shape index (κ3) is 50.0. The van der Waals surface area contributed by atoms with Crippen LogP contribution < -0.4 is 5.32 Å². The van der Waals surface area contributed by atoms with Crippen LogP contribution in [0.1, 0.15) is 322 Å². The number of nitrogens with one attached hydrogen (secondary N) is 1. The van der Waals surface area contributed by atoms with Crippen molar-refractivity contribution in [3.8, 4) is 0 Å². The summed E-state index contributed by atoms with van der Waals surface area (Å²) in [5.74, 6) is -0.0497. The molecule has 0 aliphatic heterocycles. The van der Waals surface area contributed by atoms with Gasteiger partial charge in [-0.05, 0) is 32.1 Å². The number of rotatable bonds is 54. The number of aliphatic hydroxyl groups excluding tert-OH is 2. The number of unbranched alkanes of at least 4 members (excludes halogenated alkanes) is 43. The Kier molecular flexibility index (Phi) is 53.0. The predicted octanol–water partition coefficient (Wildman–Crippen LogP) is 17.7. The average molecular weight is 905 g/mol. The van der Waals surface area contributed by atoms with Crippen molar-refractivity contribution in [3.05, 3.63) is 12.2 Å². The lowest BCUT2D eigenvalue weighted by Crippen LogP contribution is -2.45. The third-order valence-corrected chi connectivity index (χ3v) is 13.6. The first-order valence-electron chi connectivity index (χ1n) is 29.0. The van der Waals surface area contributed by atoms with E-state index in [9.17, 15) is 19.8 Å². The molecule has 1 amide bonds. The monoisotopic (exact) mass is 904 g/mol. The Labute approximate surface area is 399 Å². The first kappa shape index (κ1) is 62.6. The molecule has 0 aromatic carbocycles. The van der Waals surface area contributed by atoms with Crippen molar-refractivity contribution in [3.63, 3.8) is 0 Å². The molecule has 0 saturated heterocycles. The van der Waals surface area contributed by atoms with Crippen LogP contribution in [0.25, 0.3) is 0 Å². The zero-order valence-corrected chi connectivity index (χ0v) is 43.3. The minimum Gasteiger partial charge on any atom is -0.466 e. The summed E-state index contributed by atoms with van der Waals surface area (Å²) in [6, 6.07) is -0.623. The second-order valence-electron chi connectivity index (χ2n) is 20.0. The SMILES string of the molecule is CCCCCCCCC/C=C/C(O)C(CO)NC(=O)CCCCCCCCCCCCCCCCCCCCCCCCCCCCOC(=O)CCCCCCCCCCCCCC. The number of hydrogen-bond donors (Lipinski definition) is 3. The summed E-state index contributed by atoms with van der Waals surface area (Å²) in [6.07, 6.45) is 64.0. The molecule has 3 N–H and O–H groups in total. The first-order chi connectivity index (χ1) is 31.5.